The zero-order chi connectivity index (χ0) is 13.4. The Morgan fingerprint density at radius 3 is 2.79 bits per heavy atom. The number of para-hydroxylation sites is 1. The van der Waals surface area contributed by atoms with E-state index in [0.717, 1.165) is 29.5 Å². The van der Waals surface area contributed by atoms with Crippen LogP contribution < -0.4 is 4.74 Å². The van der Waals surface area contributed by atoms with E-state index in [-0.39, 0.29) is 11.5 Å². The summed E-state index contributed by atoms with van der Waals surface area (Å²) in [6.45, 7) is 0.378. The fourth-order valence-electron chi connectivity index (χ4n) is 2.37. The molecule has 0 saturated heterocycles. The molecule has 0 amide bonds. The Balaban J connectivity index is 1.97. The lowest BCUT2D eigenvalue weighted by Crippen LogP contribution is -2.09. The van der Waals surface area contributed by atoms with Gasteiger partial charge < -0.3 is 4.74 Å². The smallest absolute Gasteiger partial charge is 0.128 e. The van der Waals surface area contributed by atoms with Gasteiger partial charge in [0.25, 0.3) is 0 Å². The highest BCUT2D eigenvalue weighted by molar-refractivity contribution is 6.21. The average Bonchev–Trinajstić information content (AvgIpc) is 2.84. The number of hydrogen-bond acceptors (Lipinski definition) is 1. The summed E-state index contributed by atoms with van der Waals surface area (Å²) in [7, 11) is 0. The molecule has 0 fully saturated rings. The van der Waals surface area contributed by atoms with Gasteiger partial charge in [0.05, 0.1) is 12.0 Å². The van der Waals surface area contributed by atoms with Gasteiger partial charge in [-0.2, -0.15) is 0 Å². The van der Waals surface area contributed by atoms with E-state index in [1.165, 1.54) is 0 Å². The van der Waals surface area contributed by atoms with Crippen molar-refractivity contribution in [3.8, 4) is 5.75 Å². The molecule has 2 aromatic carbocycles. The zero-order valence-corrected chi connectivity index (χ0v) is 10.7. The van der Waals surface area contributed by atoms with Gasteiger partial charge in [0.1, 0.15) is 17.4 Å². The molecule has 1 aliphatic heterocycles. The third-order valence-electron chi connectivity index (χ3n) is 3.35. The summed E-state index contributed by atoms with van der Waals surface area (Å²) in [5, 5.41) is -0.653. The molecule has 0 N–H and O–H groups in total. The Morgan fingerprint density at radius 1 is 1.16 bits per heavy atom. The molecule has 19 heavy (non-hydrogen) atoms. The molecule has 98 valence electrons. The molecule has 0 spiro atoms. The highest BCUT2D eigenvalue weighted by Crippen LogP contribution is 2.44. The largest absolute Gasteiger partial charge is 0.493 e. The van der Waals surface area contributed by atoms with Gasteiger partial charge in [0, 0.05) is 17.0 Å². The van der Waals surface area contributed by atoms with Gasteiger partial charge in [-0.25, -0.2) is 8.78 Å². The van der Waals surface area contributed by atoms with Gasteiger partial charge in [-0.1, -0.05) is 18.2 Å². The second-order valence-corrected chi connectivity index (χ2v) is 4.99. The van der Waals surface area contributed by atoms with Crippen molar-refractivity contribution in [1.29, 1.82) is 0 Å². The van der Waals surface area contributed by atoms with Crippen LogP contribution >= 0.6 is 11.6 Å². The Hall–Kier alpha value is -1.61. The summed E-state index contributed by atoms with van der Waals surface area (Å²) in [6.07, 6.45) is 0. The number of halogens is 3. The van der Waals surface area contributed by atoms with Crippen molar-refractivity contribution < 1.29 is 13.5 Å². The number of rotatable bonds is 2. The van der Waals surface area contributed by atoms with Gasteiger partial charge >= 0.3 is 0 Å². The number of ether oxygens (including phenoxy) is 1. The van der Waals surface area contributed by atoms with E-state index in [9.17, 15) is 8.78 Å². The molecule has 0 aromatic heterocycles. The zero-order valence-electron chi connectivity index (χ0n) is 9.95. The van der Waals surface area contributed by atoms with Crippen molar-refractivity contribution in [1.82, 2.24) is 0 Å². The minimum atomic E-state index is -0.653. The SMILES string of the molecule is Fc1ccc(F)c(C(Cl)C2COc3ccccc32)c1. The summed E-state index contributed by atoms with van der Waals surface area (Å²) in [4.78, 5) is 0. The van der Waals surface area contributed by atoms with Crippen molar-refractivity contribution in [3.63, 3.8) is 0 Å². The van der Waals surface area contributed by atoms with Crippen molar-refractivity contribution in [3.05, 3.63) is 65.2 Å². The van der Waals surface area contributed by atoms with Crippen LogP contribution in [0.15, 0.2) is 42.5 Å². The maximum Gasteiger partial charge on any atom is 0.128 e. The molecular weight excluding hydrogens is 270 g/mol. The van der Waals surface area contributed by atoms with Crippen LogP contribution in [0.2, 0.25) is 0 Å². The first-order chi connectivity index (χ1) is 9.16. The third kappa shape index (κ3) is 2.19. The predicted molar refractivity (Wildman–Crippen MR) is 69.6 cm³/mol. The van der Waals surface area contributed by atoms with Crippen molar-refractivity contribution >= 4 is 11.6 Å². The molecule has 2 atom stereocenters. The quantitative estimate of drug-likeness (QED) is 0.740. The van der Waals surface area contributed by atoms with E-state index in [1.807, 2.05) is 24.3 Å². The Kier molecular flexibility index (Phi) is 3.15. The molecule has 0 saturated carbocycles. The van der Waals surface area contributed by atoms with Crippen molar-refractivity contribution in [2.75, 3.05) is 6.61 Å². The highest BCUT2D eigenvalue weighted by Gasteiger charge is 2.32. The first-order valence-corrected chi connectivity index (χ1v) is 6.41. The fraction of sp³-hybridized carbons (Fsp3) is 0.200. The van der Waals surface area contributed by atoms with Crippen LogP contribution in [0, 0.1) is 11.6 Å². The fourth-order valence-corrected chi connectivity index (χ4v) is 2.75. The lowest BCUT2D eigenvalue weighted by Gasteiger charge is -2.17. The summed E-state index contributed by atoms with van der Waals surface area (Å²) in [5.41, 5.74) is 1.11. The molecular formula is C15H11ClF2O. The number of fused-ring (bicyclic) bond motifs is 1. The Bertz CT molecular complexity index is 615. The highest BCUT2D eigenvalue weighted by atomic mass is 35.5. The Morgan fingerprint density at radius 2 is 1.95 bits per heavy atom. The van der Waals surface area contributed by atoms with Crippen LogP contribution in [-0.4, -0.2) is 6.61 Å². The second kappa shape index (κ2) is 4.82. The first kappa shape index (κ1) is 12.4. The van der Waals surface area contributed by atoms with Crippen LogP contribution in [-0.2, 0) is 0 Å². The summed E-state index contributed by atoms with van der Waals surface area (Å²) < 4.78 is 32.5. The third-order valence-corrected chi connectivity index (χ3v) is 3.88. The molecule has 4 heteroatoms. The van der Waals surface area contributed by atoms with E-state index in [2.05, 4.69) is 0 Å². The lowest BCUT2D eigenvalue weighted by molar-refractivity contribution is 0.327. The summed E-state index contributed by atoms with van der Waals surface area (Å²) in [6, 6.07) is 10.8. The van der Waals surface area contributed by atoms with E-state index < -0.39 is 17.0 Å². The predicted octanol–water partition coefficient (Wildman–Crippen LogP) is 4.42. The molecule has 0 radical (unpaired) electrons. The van der Waals surface area contributed by atoms with Crippen molar-refractivity contribution in [2.45, 2.75) is 11.3 Å². The van der Waals surface area contributed by atoms with E-state index in [0.29, 0.717) is 6.61 Å². The topological polar surface area (TPSA) is 9.23 Å². The maximum atomic E-state index is 13.8. The van der Waals surface area contributed by atoms with Crippen LogP contribution in [0.25, 0.3) is 0 Å². The lowest BCUT2D eigenvalue weighted by atomic mass is 9.93. The van der Waals surface area contributed by atoms with E-state index in [4.69, 9.17) is 16.3 Å². The van der Waals surface area contributed by atoms with Crippen LogP contribution in [0.4, 0.5) is 8.78 Å². The van der Waals surface area contributed by atoms with Gasteiger partial charge in [-0.15, -0.1) is 11.6 Å². The summed E-state index contributed by atoms with van der Waals surface area (Å²) >= 11 is 6.33. The number of benzene rings is 2. The van der Waals surface area contributed by atoms with Gasteiger partial charge in [-0.3, -0.25) is 0 Å². The summed E-state index contributed by atoms with van der Waals surface area (Å²) in [5.74, 6) is -0.399. The van der Waals surface area contributed by atoms with Crippen LogP contribution in [0.3, 0.4) is 0 Å². The van der Waals surface area contributed by atoms with Crippen LogP contribution in [0.5, 0.6) is 5.75 Å². The molecule has 1 heterocycles. The minimum absolute atomic E-state index is 0.172. The van der Waals surface area contributed by atoms with Gasteiger partial charge in [-0.05, 0) is 24.3 Å². The molecule has 0 aliphatic carbocycles. The molecule has 1 aliphatic rings. The van der Waals surface area contributed by atoms with E-state index in [1.54, 1.807) is 0 Å². The van der Waals surface area contributed by atoms with Crippen LogP contribution in [0.1, 0.15) is 22.4 Å². The second-order valence-electron chi connectivity index (χ2n) is 4.52. The molecule has 3 rings (SSSR count). The van der Waals surface area contributed by atoms with Crippen molar-refractivity contribution in [2.24, 2.45) is 0 Å². The normalized spacial score (nSPS) is 18.8. The molecule has 0 bridgehead atoms. The van der Waals surface area contributed by atoms with E-state index >= 15 is 0 Å². The molecule has 1 nitrogen and oxygen atoms in total. The maximum absolute atomic E-state index is 13.8. The minimum Gasteiger partial charge on any atom is -0.493 e. The number of alkyl halides is 1. The molecule has 2 aromatic rings. The monoisotopic (exact) mass is 280 g/mol. The number of hydrogen-bond donors (Lipinski definition) is 0. The van der Waals surface area contributed by atoms with Gasteiger partial charge in [0.2, 0.25) is 0 Å². The van der Waals surface area contributed by atoms with Gasteiger partial charge in [0.15, 0.2) is 0 Å². The average molecular weight is 281 g/mol. The Labute approximate surface area is 114 Å². The first-order valence-electron chi connectivity index (χ1n) is 5.97. The standard InChI is InChI=1S/C15H11ClF2O/c16-15(11-7-9(17)5-6-13(11)18)12-8-19-14-4-2-1-3-10(12)14/h1-7,12,15H,8H2. The molecule has 2 unspecified atom stereocenters.